The average Bonchev–Trinajstić information content (AvgIpc) is 3.19. The molecule has 0 radical (unpaired) electrons. The number of nitrogens with zero attached hydrogens (tertiary/aromatic N) is 4. The van der Waals surface area contributed by atoms with Crippen molar-refractivity contribution in [2.45, 2.75) is 25.7 Å². The highest BCUT2D eigenvalue weighted by Gasteiger charge is 2.29. The second kappa shape index (κ2) is 9.56. The number of urea groups is 1. The Hall–Kier alpha value is -3.80. The highest BCUT2D eigenvalue weighted by atomic mass is 32.2. The van der Waals surface area contributed by atoms with Gasteiger partial charge in [0, 0.05) is 25.2 Å². The van der Waals surface area contributed by atoms with Gasteiger partial charge in [0.25, 0.3) is 10.0 Å². The van der Waals surface area contributed by atoms with E-state index in [0.717, 1.165) is 9.87 Å². The molecule has 0 aliphatic heterocycles. The molecule has 11 nitrogen and oxygen atoms in total. The van der Waals surface area contributed by atoms with E-state index in [1.165, 1.54) is 24.4 Å². The van der Waals surface area contributed by atoms with E-state index < -0.39 is 28.5 Å². The van der Waals surface area contributed by atoms with Crippen LogP contribution < -0.4 is 14.9 Å². The summed E-state index contributed by atoms with van der Waals surface area (Å²) in [5.41, 5.74) is 1.32. The van der Waals surface area contributed by atoms with Crippen LogP contribution in [0.3, 0.4) is 0 Å². The molecular formula is C20H22N6O5S. The number of nitrogens with one attached hydrogen (secondary N) is 2. The predicted molar refractivity (Wildman–Crippen MR) is 115 cm³/mol. The molecule has 2 heterocycles. The van der Waals surface area contributed by atoms with Crippen LogP contribution in [0.15, 0.2) is 52.0 Å². The molecule has 0 unspecified atom stereocenters. The Kier molecular flexibility index (Phi) is 6.83. The van der Waals surface area contributed by atoms with Crippen LogP contribution in [0.25, 0.3) is 11.4 Å². The Morgan fingerprint density at radius 2 is 1.84 bits per heavy atom. The van der Waals surface area contributed by atoms with Crippen LogP contribution in [-0.4, -0.2) is 48.6 Å². The van der Waals surface area contributed by atoms with Crippen molar-refractivity contribution in [3.8, 4) is 11.4 Å². The summed E-state index contributed by atoms with van der Waals surface area (Å²) in [5, 5.41) is 8.34. The number of sulfonamides is 1. The maximum atomic E-state index is 13.4. The molecule has 168 valence electrons. The van der Waals surface area contributed by atoms with Gasteiger partial charge in [0.2, 0.25) is 17.6 Å². The standard InChI is InChI=1S/C20H22N6O5S/c1-4-21-20(28)24-18(27)12-26(32(29,30)16-7-5-13(2)6-8-16)17-11-15(9-10-22-17)19-23-14(3)31-25-19/h5-11H,4,12H2,1-3H3,(H2,21,24,27,28). The minimum atomic E-state index is -4.19. The summed E-state index contributed by atoms with van der Waals surface area (Å²) in [4.78, 5) is 32.4. The van der Waals surface area contributed by atoms with Crippen molar-refractivity contribution in [1.29, 1.82) is 0 Å². The molecule has 0 aliphatic rings. The van der Waals surface area contributed by atoms with E-state index in [4.69, 9.17) is 4.52 Å². The molecule has 0 aliphatic carbocycles. The van der Waals surface area contributed by atoms with Gasteiger partial charge in [-0.2, -0.15) is 4.98 Å². The van der Waals surface area contributed by atoms with Crippen LogP contribution in [0, 0.1) is 13.8 Å². The zero-order chi connectivity index (χ0) is 23.3. The van der Waals surface area contributed by atoms with Crippen LogP contribution in [0.2, 0.25) is 0 Å². The zero-order valence-electron chi connectivity index (χ0n) is 17.7. The Labute approximate surface area is 184 Å². The molecule has 0 saturated heterocycles. The number of amides is 3. The number of carbonyl (C=O) groups excluding carboxylic acids is 2. The first-order valence-electron chi connectivity index (χ1n) is 9.64. The van der Waals surface area contributed by atoms with Gasteiger partial charge in [-0.25, -0.2) is 22.5 Å². The molecule has 1 aromatic carbocycles. The molecule has 0 saturated carbocycles. The monoisotopic (exact) mass is 458 g/mol. The number of imide groups is 1. The SMILES string of the molecule is CCNC(=O)NC(=O)CN(c1cc(-c2noc(C)n2)ccn1)S(=O)(=O)c1ccc(C)cc1. The summed E-state index contributed by atoms with van der Waals surface area (Å²) in [6.07, 6.45) is 1.37. The summed E-state index contributed by atoms with van der Waals surface area (Å²) in [5.74, 6) is -0.291. The lowest BCUT2D eigenvalue weighted by Gasteiger charge is -2.23. The summed E-state index contributed by atoms with van der Waals surface area (Å²) < 4.78 is 32.6. The molecular weight excluding hydrogens is 436 g/mol. The van der Waals surface area contributed by atoms with E-state index >= 15 is 0 Å². The molecule has 2 N–H and O–H groups in total. The third-order valence-electron chi connectivity index (χ3n) is 4.27. The molecule has 3 aromatic rings. The minimum absolute atomic E-state index is 0.0310. The van der Waals surface area contributed by atoms with Crippen molar-refractivity contribution in [3.63, 3.8) is 0 Å². The van der Waals surface area contributed by atoms with Crippen molar-refractivity contribution < 1.29 is 22.5 Å². The van der Waals surface area contributed by atoms with Crippen molar-refractivity contribution in [2.75, 3.05) is 17.4 Å². The van der Waals surface area contributed by atoms with Gasteiger partial charge < -0.3 is 9.84 Å². The van der Waals surface area contributed by atoms with E-state index in [2.05, 4.69) is 25.8 Å². The Morgan fingerprint density at radius 3 is 2.47 bits per heavy atom. The van der Waals surface area contributed by atoms with Crippen molar-refractivity contribution in [1.82, 2.24) is 25.8 Å². The normalized spacial score (nSPS) is 11.1. The smallest absolute Gasteiger partial charge is 0.321 e. The van der Waals surface area contributed by atoms with Crippen molar-refractivity contribution in [3.05, 3.63) is 54.0 Å². The van der Waals surface area contributed by atoms with E-state index in [9.17, 15) is 18.0 Å². The van der Waals surface area contributed by atoms with Gasteiger partial charge in [0.1, 0.15) is 12.4 Å². The first-order chi connectivity index (χ1) is 15.2. The lowest BCUT2D eigenvalue weighted by Crippen LogP contribution is -2.46. The summed E-state index contributed by atoms with van der Waals surface area (Å²) in [7, 11) is -4.19. The van der Waals surface area contributed by atoms with Gasteiger partial charge in [0.05, 0.1) is 4.90 Å². The third-order valence-corrected chi connectivity index (χ3v) is 6.04. The fourth-order valence-electron chi connectivity index (χ4n) is 2.74. The maximum absolute atomic E-state index is 13.4. The van der Waals surface area contributed by atoms with E-state index in [1.807, 2.05) is 6.92 Å². The number of pyridine rings is 1. The first-order valence-corrected chi connectivity index (χ1v) is 11.1. The van der Waals surface area contributed by atoms with E-state index in [-0.39, 0.29) is 16.5 Å². The lowest BCUT2D eigenvalue weighted by molar-refractivity contribution is -0.118. The number of hydrogen-bond donors (Lipinski definition) is 2. The Morgan fingerprint density at radius 1 is 1.12 bits per heavy atom. The number of aromatic nitrogens is 3. The number of carbonyl (C=O) groups is 2. The molecule has 2 aromatic heterocycles. The highest BCUT2D eigenvalue weighted by molar-refractivity contribution is 7.92. The number of rotatable bonds is 7. The lowest BCUT2D eigenvalue weighted by atomic mass is 10.2. The molecule has 32 heavy (non-hydrogen) atoms. The third kappa shape index (κ3) is 5.27. The van der Waals surface area contributed by atoms with Crippen LogP contribution in [0.5, 0.6) is 0 Å². The number of benzene rings is 1. The number of hydrogen-bond acceptors (Lipinski definition) is 8. The van der Waals surface area contributed by atoms with Crippen LogP contribution in [0.1, 0.15) is 18.4 Å². The fourth-order valence-corrected chi connectivity index (χ4v) is 4.11. The van der Waals surface area contributed by atoms with Crippen LogP contribution >= 0.6 is 0 Å². The van der Waals surface area contributed by atoms with Crippen LogP contribution in [0.4, 0.5) is 10.6 Å². The van der Waals surface area contributed by atoms with Gasteiger partial charge in [-0.1, -0.05) is 22.9 Å². The molecule has 0 bridgehead atoms. The van der Waals surface area contributed by atoms with Gasteiger partial charge in [-0.15, -0.1) is 0 Å². The van der Waals surface area contributed by atoms with Crippen molar-refractivity contribution in [2.24, 2.45) is 0 Å². The Balaban J connectivity index is 2.01. The van der Waals surface area contributed by atoms with Crippen LogP contribution in [-0.2, 0) is 14.8 Å². The molecule has 0 spiro atoms. The molecule has 0 fully saturated rings. The summed E-state index contributed by atoms with van der Waals surface area (Å²) >= 11 is 0. The zero-order valence-corrected chi connectivity index (χ0v) is 18.5. The molecule has 3 amide bonds. The maximum Gasteiger partial charge on any atom is 0.321 e. The summed E-state index contributed by atoms with van der Waals surface area (Å²) in [6, 6.07) is 8.44. The second-order valence-corrected chi connectivity index (χ2v) is 8.63. The molecule has 0 atom stereocenters. The number of aryl methyl sites for hydroxylation is 2. The Bertz CT molecular complexity index is 1220. The van der Waals surface area contributed by atoms with Gasteiger partial charge in [0.15, 0.2) is 0 Å². The van der Waals surface area contributed by atoms with E-state index in [1.54, 1.807) is 32.0 Å². The minimum Gasteiger partial charge on any atom is -0.339 e. The predicted octanol–water partition coefficient (Wildman–Crippen LogP) is 1.79. The fraction of sp³-hybridized carbons (Fsp3) is 0.250. The largest absolute Gasteiger partial charge is 0.339 e. The number of anilines is 1. The molecule has 12 heteroatoms. The summed E-state index contributed by atoms with van der Waals surface area (Å²) in [6.45, 7) is 4.77. The van der Waals surface area contributed by atoms with Gasteiger partial charge in [-0.05, 0) is 38.1 Å². The quantitative estimate of drug-likeness (QED) is 0.544. The van der Waals surface area contributed by atoms with E-state index in [0.29, 0.717) is 18.0 Å². The van der Waals surface area contributed by atoms with Crippen molar-refractivity contribution >= 4 is 27.8 Å². The van der Waals surface area contributed by atoms with Gasteiger partial charge in [-0.3, -0.25) is 10.1 Å². The topological polar surface area (TPSA) is 147 Å². The highest BCUT2D eigenvalue weighted by Crippen LogP contribution is 2.26. The average molecular weight is 459 g/mol. The first kappa shape index (κ1) is 22.9. The molecule has 3 rings (SSSR count). The second-order valence-electron chi connectivity index (χ2n) is 6.77. The van der Waals surface area contributed by atoms with Gasteiger partial charge >= 0.3 is 6.03 Å².